The number of ether oxygens (including phenoxy) is 1. The van der Waals surface area contributed by atoms with Crippen LogP contribution in [0.1, 0.15) is 27.4 Å². The average molecular weight is 476 g/mol. The van der Waals surface area contributed by atoms with Gasteiger partial charge in [-0.05, 0) is 48.9 Å². The van der Waals surface area contributed by atoms with E-state index < -0.39 is 5.97 Å². The summed E-state index contributed by atoms with van der Waals surface area (Å²) in [7, 11) is 0. The van der Waals surface area contributed by atoms with E-state index >= 15 is 0 Å². The Bertz CT molecular complexity index is 1400. The van der Waals surface area contributed by atoms with E-state index in [2.05, 4.69) is 0 Å². The topological polar surface area (TPSA) is 72.9 Å². The molecule has 1 aliphatic heterocycles. The van der Waals surface area contributed by atoms with Gasteiger partial charge in [-0.15, -0.1) is 0 Å². The van der Waals surface area contributed by atoms with Crippen molar-refractivity contribution in [1.82, 2.24) is 4.90 Å². The van der Waals surface area contributed by atoms with E-state index in [-0.39, 0.29) is 11.7 Å². The molecular formula is C25H17NO5S2. The number of amides is 1. The fraction of sp³-hybridized carbons (Fsp3) is 0.0800. The summed E-state index contributed by atoms with van der Waals surface area (Å²) in [6, 6.07) is 17.9. The monoisotopic (exact) mass is 475 g/mol. The molecule has 6 nitrogen and oxygen atoms in total. The fourth-order valence-electron chi connectivity index (χ4n) is 3.50. The molecule has 33 heavy (non-hydrogen) atoms. The van der Waals surface area contributed by atoms with Gasteiger partial charge in [0.15, 0.2) is 0 Å². The minimum atomic E-state index is -0.560. The molecule has 1 amide bonds. The zero-order valence-electron chi connectivity index (χ0n) is 17.4. The number of hydrogen-bond donors (Lipinski definition) is 0. The maximum Gasteiger partial charge on any atom is 0.379 e. The molecule has 0 unspecified atom stereocenters. The molecule has 4 aromatic rings. The molecule has 2 aromatic heterocycles. The van der Waals surface area contributed by atoms with Crippen molar-refractivity contribution in [3.63, 3.8) is 0 Å². The quantitative estimate of drug-likeness (QED) is 0.153. The van der Waals surface area contributed by atoms with Gasteiger partial charge in [0.05, 0.1) is 17.7 Å². The Kier molecular flexibility index (Phi) is 5.62. The van der Waals surface area contributed by atoms with Gasteiger partial charge in [-0.3, -0.25) is 9.69 Å². The summed E-state index contributed by atoms with van der Waals surface area (Å²) in [6.45, 7) is 2.12. The number of thioether (sulfide) groups is 1. The van der Waals surface area contributed by atoms with Crippen molar-refractivity contribution < 1.29 is 23.2 Å². The predicted octanol–water partition coefficient (Wildman–Crippen LogP) is 5.95. The summed E-state index contributed by atoms with van der Waals surface area (Å²) in [5, 5.41) is 0.879. The molecule has 3 heterocycles. The lowest BCUT2D eigenvalue weighted by atomic mass is 10.1. The first kappa shape index (κ1) is 21.2. The maximum atomic E-state index is 12.7. The van der Waals surface area contributed by atoms with Gasteiger partial charge in [0, 0.05) is 10.9 Å². The largest absolute Gasteiger partial charge is 0.467 e. The van der Waals surface area contributed by atoms with Crippen molar-refractivity contribution in [1.29, 1.82) is 0 Å². The second-order valence-corrected chi connectivity index (χ2v) is 9.03. The van der Waals surface area contributed by atoms with Crippen molar-refractivity contribution in [2.24, 2.45) is 0 Å². The summed E-state index contributed by atoms with van der Waals surface area (Å²) in [5.41, 5.74) is 2.17. The Morgan fingerprint density at radius 2 is 1.91 bits per heavy atom. The van der Waals surface area contributed by atoms with Gasteiger partial charge in [0.25, 0.3) is 5.91 Å². The third-order valence-electron chi connectivity index (χ3n) is 5.19. The van der Waals surface area contributed by atoms with E-state index in [0.29, 0.717) is 32.9 Å². The zero-order valence-corrected chi connectivity index (χ0v) is 19.1. The van der Waals surface area contributed by atoms with Crippen LogP contribution in [0.2, 0.25) is 0 Å². The van der Waals surface area contributed by atoms with Crippen LogP contribution in [0.15, 0.2) is 80.7 Å². The van der Waals surface area contributed by atoms with Crippen molar-refractivity contribution in [3.05, 3.63) is 94.5 Å². The fourth-order valence-corrected chi connectivity index (χ4v) is 4.76. The third-order valence-corrected chi connectivity index (χ3v) is 6.56. The van der Waals surface area contributed by atoms with Crippen molar-refractivity contribution in [2.75, 3.05) is 0 Å². The molecule has 0 saturated carbocycles. The van der Waals surface area contributed by atoms with Gasteiger partial charge in [0.2, 0.25) is 5.76 Å². The van der Waals surface area contributed by atoms with Crippen molar-refractivity contribution in [3.8, 4) is 5.75 Å². The highest BCUT2D eigenvalue weighted by Crippen LogP contribution is 2.34. The number of hydrogen-bond acceptors (Lipinski definition) is 7. The number of furan rings is 2. The van der Waals surface area contributed by atoms with Gasteiger partial charge in [-0.2, -0.15) is 0 Å². The van der Waals surface area contributed by atoms with Crippen LogP contribution in [0.25, 0.3) is 17.0 Å². The number of esters is 1. The highest BCUT2D eigenvalue weighted by Gasteiger charge is 2.32. The van der Waals surface area contributed by atoms with Gasteiger partial charge in [-0.25, -0.2) is 4.79 Å². The molecule has 1 fully saturated rings. The minimum Gasteiger partial charge on any atom is -0.467 e. The number of carbonyl (C=O) groups is 2. The molecule has 0 N–H and O–H groups in total. The Hall–Kier alpha value is -3.62. The lowest BCUT2D eigenvalue weighted by molar-refractivity contribution is -0.122. The Labute approximate surface area is 198 Å². The van der Waals surface area contributed by atoms with Crippen LogP contribution in [-0.2, 0) is 11.3 Å². The number of benzene rings is 2. The number of nitrogens with zero attached hydrogens (tertiary/aromatic N) is 1. The Morgan fingerprint density at radius 3 is 2.64 bits per heavy atom. The Balaban J connectivity index is 1.29. The van der Waals surface area contributed by atoms with E-state index in [1.165, 1.54) is 16.7 Å². The van der Waals surface area contributed by atoms with E-state index in [4.69, 9.17) is 25.8 Å². The second kappa shape index (κ2) is 8.73. The number of fused-ring (bicyclic) bond motifs is 1. The van der Waals surface area contributed by atoms with Gasteiger partial charge < -0.3 is 13.6 Å². The summed E-state index contributed by atoms with van der Waals surface area (Å²) < 4.78 is 16.9. The standard InChI is InChI=1S/C25H17NO5S2/c1-15-19-6-2-3-7-20(19)31-22(15)24(28)30-17-10-8-16(9-11-17)13-21-23(27)26(25(32)33-21)14-18-5-4-12-29-18/h2-13H,14H2,1H3/b21-13+. The van der Waals surface area contributed by atoms with E-state index in [1.54, 1.807) is 48.7 Å². The number of aryl methyl sites for hydroxylation is 1. The van der Waals surface area contributed by atoms with E-state index in [9.17, 15) is 9.59 Å². The van der Waals surface area contributed by atoms with Crippen LogP contribution in [-0.4, -0.2) is 21.1 Å². The average Bonchev–Trinajstić information content (AvgIpc) is 3.51. The van der Waals surface area contributed by atoms with Gasteiger partial charge >= 0.3 is 5.97 Å². The molecule has 5 rings (SSSR count). The molecular weight excluding hydrogens is 458 g/mol. The first-order valence-electron chi connectivity index (χ1n) is 10.1. The highest BCUT2D eigenvalue weighted by molar-refractivity contribution is 8.26. The summed E-state index contributed by atoms with van der Waals surface area (Å²) in [4.78, 5) is 27.4. The molecule has 1 aliphatic rings. The van der Waals surface area contributed by atoms with Crippen LogP contribution >= 0.6 is 24.0 Å². The lowest BCUT2D eigenvalue weighted by Gasteiger charge is -2.11. The summed E-state index contributed by atoms with van der Waals surface area (Å²) >= 11 is 6.60. The normalized spacial score (nSPS) is 15.1. The van der Waals surface area contributed by atoms with E-state index in [0.717, 1.165) is 16.5 Å². The van der Waals surface area contributed by atoms with Crippen molar-refractivity contribution in [2.45, 2.75) is 13.5 Å². The highest BCUT2D eigenvalue weighted by atomic mass is 32.2. The smallest absolute Gasteiger partial charge is 0.379 e. The van der Waals surface area contributed by atoms with Gasteiger partial charge in [0.1, 0.15) is 21.4 Å². The lowest BCUT2D eigenvalue weighted by Crippen LogP contribution is -2.27. The maximum absolute atomic E-state index is 12.7. The predicted molar refractivity (Wildman–Crippen MR) is 130 cm³/mol. The molecule has 2 aromatic carbocycles. The summed E-state index contributed by atoms with van der Waals surface area (Å²) in [5.74, 6) is 0.494. The van der Waals surface area contributed by atoms with Gasteiger partial charge in [-0.1, -0.05) is 54.3 Å². The second-order valence-electron chi connectivity index (χ2n) is 7.36. The first-order chi connectivity index (χ1) is 16.0. The Morgan fingerprint density at radius 1 is 1.12 bits per heavy atom. The van der Waals surface area contributed by atoms with Crippen LogP contribution < -0.4 is 4.74 Å². The first-order valence-corrected chi connectivity index (χ1v) is 11.3. The van der Waals surface area contributed by atoms with Crippen LogP contribution in [0.5, 0.6) is 5.75 Å². The molecule has 0 bridgehead atoms. The SMILES string of the molecule is Cc1c(C(=O)Oc2ccc(/C=C3/SC(=S)N(Cc4ccco4)C3=O)cc2)oc2ccccc12. The molecule has 0 atom stereocenters. The number of carbonyl (C=O) groups excluding carboxylic acids is 2. The number of thiocarbonyl (C=S) groups is 1. The summed E-state index contributed by atoms with van der Waals surface area (Å²) in [6.07, 6.45) is 3.32. The number of para-hydroxylation sites is 1. The van der Waals surface area contributed by atoms with Crippen molar-refractivity contribution >= 4 is 57.2 Å². The van der Waals surface area contributed by atoms with Crippen LogP contribution in [0.4, 0.5) is 0 Å². The van der Waals surface area contributed by atoms with Crippen LogP contribution in [0.3, 0.4) is 0 Å². The van der Waals surface area contributed by atoms with Crippen LogP contribution in [0, 0.1) is 6.92 Å². The number of rotatable bonds is 5. The molecule has 0 aliphatic carbocycles. The zero-order chi connectivity index (χ0) is 22.9. The molecule has 0 spiro atoms. The molecule has 8 heteroatoms. The third kappa shape index (κ3) is 4.22. The molecule has 164 valence electrons. The minimum absolute atomic E-state index is 0.169. The molecule has 0 radical (unpaired) electrons. The van der Waals surface area contributed by atoms with E-state index in [1.807, 2.05) is 31.2 Å². The molecule has 1 saturated heterocycles.